The average Bonchev–Trinajstić information content (AvgIpc) is 3.19. The zero-order valence-electron chi connectivity index (χ0n) is 15.0. The van der Waals surface area contributed by atoms with Crippen molar-refractivity contribution in [3.05, 3.63) is 24.0 Å². The van der Waals surface area contributed by atoms with Crippen molar-refractivity contribution in [1.82, 2.24) is 14.8 Å². The lowest BCUT2D eigenvalue weighted by molar-refractivity contribution is 0.0232. The first kappa shape index (κ1) is 17.9. The minimum atomic E-state index is -0.422. The Labute approximate surface area is 140 Å². The number of aromatic nitrogens is 1. The lowest BCUT2D eigenvalue weighted by Gasteiger charge is -2.27. The summed E-state index contributed by atoms with van der Waals surface area (Å²) in [4.78, 5) is 14.1. The van der Waals surface area contributed by atoms with Crippen LogP contribution in [0.1, 0.15) is 52.5 Å². The van der Waals surface area contributed by atoms with Gasteiger partial charge in [0, 0.05) is 38.1 Å². The number of rotatable bonds is 8. The van der Waals surface area contributed by atoms with E-state index in [-0.39, 0.29) is 6.09 Å². The van der Waals surface area contributed by atoms with E-state index < -0.39 is 5.60 Å². The molecule has 1 aromatic heterocycles. The summed E-state index contributed by atoms with van der Waals surface area (Å²) < 4.78 is 7.68. The molecule has 1 N–H and O–H groups in total. The van der Waals surface area contributed by atoms with Crippen molar-refractivity contribution in [2.45, 2.75) is 71.7 Å². The first-order valence-corrected chi connectivity index (χ1v) is 8.74. The molecule has 1 aliphatic carbocycles. The summed E-state index contributed by atoms with van der Waals surface area (Å²) in [5, 5.41) is 3.45. The summed E-state index contributed by atoms with van der Waals surface area (Å²) in [5.41, 5.74) is 0.882. The lowest BCUT2D eigenvalue weighted by atomic mass is 10.2. The molecule has 23 heavy (non-hydrogen) atoms. The van der Waals surface area contributed by atoms with Crippen molar-refractivity contribution >= 4 is 6.09 Å². The first-order chi connectivity index (χ1) is 10.9. The molecule has 0 bridgehead atoms. The summed E-state index contributed by atoms with van der Waals surface area (Å²) >= 11 is 0. The van der Waals surface area contributed by atoms with Gasteiger partial charge in [0.2, 0.25) is 0 Å². The van der Waals surface area contributed by atoms with E-state index in [4.69, 9.17) is 4.74 Å². The predicted molar refractivity (Wildman–Crippen MR) is 92.4 cm³/mol. The highest BCUT2D eigenvalue weighted by atomic mass is 16.6. The fourth-order valence-electron chi connectivity index (χ4n) is 2.53. The lowest BCUT2D eigenvalue weighted by Crippen LogP contribution is -2.39. The van der Waals surface area contributed by atoms with Gasteiger partial charge in [-0.2, -0.15) is 0 Å². The van der Waals surface area contributed by atoms with E-state index in [2.05, 4.69) is 35.3 Å². The molecule has 1 aromatic rings. The van der Waals surface area contributed by atoms with Crippen molar-refractivity contribution in [2.75, 3.05) is 13.1 Å². The average molecular weight is 321 g/mol. The Morgan fingerprint density at radius 1 is 1.43 bits per heavy atom. The third kappa shape index (κ3) is 6.26. The fraction of sp³-hybridized carbons (Fsp3) is 0.722. The van der Waals surface area contributed by atoms with E-state index in [1.165, 1.54) is 5.56 Å². The molecule has 1 saturated carbocycles. The van der Waals surface area contributed by atoms with Crippen LogP contribution in [-0.2, 0) is 17.8 Å². The Morgan fingerprint density at radius 3 is 2.74 bits per heavy atom. The van der Waals surface area contributed by atoms with E-state index >= 15 is 0 Å². The Bertz CT molecular complexity index is 501. The van der Waals surface area contributed by atoms with Crippen molar-refractivity contribution in [3.8, 4) is 0 Å². The second-order valence-electron chi connectivity index (χ2n) is 7.29. The van der Waals surface area contributed by atoms with E-state index in [9.17, 15) is 4.79 Å². The number of carbonyl (C=O) groups is 1. The van der Waals surface area contributed by atoms with Crippen molar-refractivity contribution in [3.63, 3.8) is 0 Å². The van der Waals surface area contributed by atoms with E-state index in [1.54, 1.807) is 0 Å². The number of hydrogen-bond donors (Lipinski definition) is 1. The second-order valence-corrected chi connectivity index (χ2v) is 7.29. The smallest absolute Gasteiger partial charge is 0.410 e. The van der Waals surface area contributed by atoms with Crippen LogP contribution in [0, 0.1) is 0 Å². The Kier molecular flexibility index (Phi) is 6.10. The van der Waals surface area contributed by atoms with Crippen LogP contribution in [0.15, 0.2) is 18.5 Å². The largest absolute Gasteiger partial charge is 0.444 e. The zero-order valence-corrected chi connectivity index (χ0v) is 15.0. The van der Waals surface area contributed by atoms with Gasteiger partial charge in [-0.1, -0.05) is 0 Å². The van der Waals surface area contributed by atoms with E-state index in [1.807, 2.05) is 25.7 Å². The molecule has 0 aromatic carbocycles. The predicted octanol–water partition coefficient (Wildman–Crippen LogP) is 3.39. The second kappa shape index (κ2) is 7.86. The fourth-order valence-corrected chi connectivity index (χ4v) is 2.53. The van der Waals surface area contributed by atoms with Gasteiger partial charge in [-0.15, -0.1) is 0 Å². The maximum atomic E-state index is 12.2. The molecule has 0 unspecified atom stereocenters. The van der Waals surface area contributed by atoms with Gasteiger partial charge in [0.1, 0.15) is 5.60 Å². The summed E-state index contributed by atoms with van der Waals surface area (Å²) in [5.74, 6) is 0. The Hall–Kier alpha value is -1.49. The quantitative estimate of drug-likeness (QED) is 0.747. The van der Waals surface area contributed by atoms with Crippen LogP contribution in [0.5, 0.6) is 0 Å². The van der Waals surface area contributed by atoms with Crippen LogP contribution in [0.4, 0.5) is 4.79 Å². The number of nitrogens with zero attached hydrogens (tertiary/aromatic N) is 2. The van der Waals surface area contributed by atoms with Crippen LogP contribution in [0.2, 0.25) is 0 Å². The highest BCUT2D eigenvalue weighted by Crippen LogP contribution is 2.28. The van der Waals surface area contributed by atoms with Crippen molar-refractivity contribution in [2.24, 2.45) is 0 Å². The standard InChI is InChI=1S/C18H31N3O2/c1-5-20-12-9-15(14-20)13-19-10-6-11-21(16-7-8-16)17(22)23-18(2,3)4/h9,12,14,16,19H,5-8,10-11,13H2,1-4H3. The van der Waals surface area contributed by atoms with Gasteiger partial charge in [0.05, 0.1) is 0 Å². The van der Waals surface area contributed by atoms with Crippen LogP contribution in [-0.4, -0.2) is 40.3 Å². The Balaban J connectivity index is 1.67. The monoisotopic (exact) mass is 321 g/mol. The van der Waals surface area contributed by atoms with Gasteiger partial charge in [-0.3, -0.25) is 0 Å². The SMILES string of the molecule is CCn1ccc(CNCCCN(C(=O)OC(C)(C)C)C2CC2)c1. The van der Waals surface area contributed by atoms with Gasteiger partial charge in [-0.25, -0.2) is 4.79 Å². The molecule has 0 radical (unpaired) electrons. The molecule has 0 saturated heterocycles. The van der Waals surface area contributed by atoms with Gasteiger partial charge < -0.3 is 19.5 Å². The molecular formula is C18H31N3O2. The third-order valence-electron chi connectivity index (χ3n) is 3.87. The minimum absolute atomic E-state index is 0.167. The maximum Gasteiger partial charge on any atom is 0.410 e. The van der Waals surface area contributed by atoms with E-state index in [0.29, 0.717) is 6.04 Å². The van der Waals surface area contributed by atoms with Crippen molar-refractivity contribution < 1.29 is 9.53 Å². The summed E-state index contributed by atoms with van der Waals surface area (Å²) in [7, 11) is 0. The van der Waals surface area contributed by atoms with Gasteiger partial charge in [0.25, 0.3) is 0 Å². The molecule has 5 heteroatoms. The molecule has 1 amide bonds. The maximum absolute atomic E-state index is 12.2. The summed E-state index contributed by atoms with van der Waals surface area (Å²) in [6.45, 7) is 11.4. The number of nitrogens with one attached hydrogen (secondary N) is 1. The topological polar surface area (TPSA) is 46.5 Å². The molecule has 0 aliphatic heterocycles. The van der Waals surface area contributed by atoms with E-state index in [0.717, 1.165) is 45.4 Å². The summed E-state index contributed by atoms with van der Waals surface area (Å²) in [6, 6.07) is 2.54. The van der Waals surface area contributed by atoms with Crippen LogP contribution >= 0.6 is 0 Å². The third-order valence-corrected chi connectivity index (χ3v) is 3.87. The van der Waals surface area contributed by atoms with Gasteiger partial charge in [0.15, 0.2) is 0 Å². The number of carbonyl (C=O) groups excluding carboxylic acids is 1. The molecule has 1 fully saturated rings. The molecule has 0 spiro atoms. The van der Waals surface area contributed by atoms with Gasteiger partial charge in [-0.05, 0) is 65.1 Å². The molecule has 0 atom stereocenters. The number of hydrogen-bond acceptors (Lipinski definition) is 3. The first-order valence-electron chi connectivity index (χ1n) is 8.74. The highest BCUT2D eigenvalue weighted by molar-refractivity contribution is 5.69. The molecular weight excluding hydrogens is 290 g/mol. The van der Waals surface area contributed by atoms with Crippen molar-refractivity contribution in [1.29, 1.82) is 0 Å². The highest BCUT2D eigenvalue weighted by Gasteiger charge is 2.34. The molecule has 1 aliphatic rings. The minimum Gasteiger partial charge on any atom is -0.444 e. The van der Waals surface area contributed by atoms with Gasteiger partial charge >= 0.3 is 6.09 Å². The summed E-state index contributed by atoms with van der Waals surface area (Å²) in [6.07, 6.45) is 7.28. The Morgan fingerprint density at radius 2 is 2.17 bits per heavy atom. The van der Waals surface area contributed by atoms with Crippen LogP contribution < -0.4 is 5.32 Å². The molecule has 2 rings (SSSR count). The number of ether oxygens (including phenoxy) is 1. The molecule has 1 heterocycles. The van der Waals surface area contributed by atoms with Crippen LogP contribution in [0.3, 0.4) is 0 Å². The molecule has 130 valence electrons. The molecule has 5 nitrogen and oxygen atoms in total. The zero-order chi connectivity index (χ0) is 16.9. The normalized spacial score (nSPS) is 14.8. The van der Waals surface area contributed by atoms with Crippen LogP contribution in [0.25, 0.3) is 0 Å². The number of amides is 1. The number of aryl methyl sites for hydroxylation is 1.